The second-order valence-corrected chi connectivity index (χ2v) is 8.78. The molecule has 5 aromatic rings. The number of pyridine rings is 1. The van der Waals surface area contributed by atoms with Gasteiger partial charge >= 0.3 is 0 Å². The normalized spacial score (nSPS) is 11.0. The number of ether oxygens (including phenoxy) is 1. The van der Waals surface area contributed by atoms with E-state index >= 15 is 0 Å². The maximum absolute atomic E-state index is 12.9. The molecule has 0 unspecified atom stereocenters. The molecule has 0 aliphatic rings. The lowest BCUT2D eigenvalue weighted by Crippen LogP contribution is -2.22. The number of allylic oxidation sites excluding steroid dienone is 1. The Bertz CT molecular complexity index is 1600. The Morgan fingerprint density at radius 2 is 1.86 bits per heavy atom. The number of hydrogen-bond acceptors (Lipinski definition) is 7. The number of nitrogens with one attached hydrogen (secondary N) is 1. The summed E-state index contributed by atoms with van der Waals surface area (Å²) in [5.41, 5.74) is 2.12. The van der Waals surface area contributed by atoms with Crippen molar-refractivity contribution < 1.29 is 9.53 Å². The second kappa shape index (κ2) is 10.4. The summed E-state index contributed by atoms with van der Waals surface area (Å²) in [7, 11) is 0. The second-order valence-electron chi connectivity index (χ2n) is 7.84. The molecule has 180 valence electrons. The Morgan fingerprint density at radius 3 is 2.64 bits per heavy atom. The van der Waals surface area contributed by atoms with Crippen LogP contribution in [0.2, 0.25) is 0 Å². The number of thioether (sulfide) groups is 1. The van der Waals surface area contributed by atoms with Crippen LogP contribution < -0.4 is 15.6 Å². The van der Waals surface area contributed by atoms with Crippen LogP contribution >= 0.6 is 11.8 Å². The fourth-order valence-corrected chi connectivity index (χ4v) is 4.46. The SMILES string of the molecule is C=CCn1c(=O)c2ccccc2n2c(SCC(=O)Nc3ccc(OCc4ccccc4)nc3)nnc12. The monoisotopic (exact) mass is 498 g/mol. The summed E-state index contributed by atoms with van der Waals surface area (Å²) in [6.07, 6.45) is 3.19. The molecule has 0 radical (unpaired) electrons. The van der Waals surface area contributed by atoms with Gasteiger partial charge in [-0.2, -0.15) is 0 Å². The first-order chi connectivity index (χ1) is 17.6. The predicted octanol–water partition coefficient (Wildman–Crippen LogP) is 3.94. The number of hydrogen-bond donors (Lipinski definition) is 1. The Balaban J connectivity index is 1.27. The molecule has 1 N–H and O–H groups in total. The van der Waals surface area contributed by atoms with Gasteiger partial charge in [0.15, 0.2) is 5.16 Å². The van der Waals surface area contributed by atoms with Crippen molar-refractivity contribution >= 4 is 40.0 Å². The number of anilines is 1. The predicted molar refractivity (Wildman–Crippen MR) is 139 cm³/mol. The summed E-state index contributed by atoms with van der Waals surface area (Å²) >= 11 is 1.23. The van der Waals surface area contributed by atoms with E-state index in [9.17, 15) is 9.59 Å². The van der Waals surface area contributed by atoms with Crippen LogP contribution in [0.15, 0.2) is 95.5 Å². The zero-order valence-corrected chi connectivity index (χ0v) is 20.0. The van der Waals surface area contributed by atoms with Crippen molar-refractivity contribution in [1.82, 2.24) is 24.1 Å². The topological polar surface area (TPSA) is 103 Å². The molecule has 0 bridgehead atoms. The Kier molecular flexibility index (Phi) is 6.76. The average molecular weight is 499 g/mol. The Morgan fingerprint density at radius 1 is 1.06 bits per heavy atom. The fraction of sp³-hybridized carbons (Fsp3) is 0.115. The van der Waals surface area contributed by atoms with Gasteiger partial charge in [-0.05, 0) is 23.8 Å². The van der Waals surface area contributed by atoms with Crippen LogP contribution in [-0.4, -0.2) is 35.8 Å². The van der Waals surface area contributed by atoms with Crippen LogP contribution in [0.4, 0.5) is 5.69 Å². The molecule has 0 spiro atoms. The van der Waals surface area contributed by atoms with Gasteiger partial charge in [-0.1, -0.05) is 60.3 Å². The average Bonchev–Trinajstić information content (AvgIpc) is 3.34. The van der Waals surface area contributed by atoms with Crippen LogP contribution in [-0.2, 0) is 17.9 Å². The summed E-state index contributed by atoms with van der Waals surface area (Å²) in [5, 5.41) is 12.3. The molecule has 0 saturated heterocycles. The van der Waals surface area contributed by atoms with E-state index in [-0.39, 0.29) is 17.2 Å². The molecule has 5 rings (SSSR count). The van der Waals surface area contributed by atoms with E-state index in [1.807, 2.05) is 48.5 Å². The molecule has 1 amide bonds. The molecule has 0 saturated carbocycles. The summed E-state index contributed by atoms with van der Waals surface area (Å²) in [6.45, 7) is 4.45. The molecule has 10 heteroatoms. The van der Waals surface area contributed by atoms with Gasteiger partial charge in [-0.25, -0.2) is 4.98 Å². The summed E-state index contributed by atoms with van der Waals surface area (Å²) < 4.78 is 8.99. The number of carbonyl (C=O) groups excluding carboxylic acids is 1. The van der Waals surface area contributed by atoms with E-state index in [2.05, 4.69) is 27.1 Å². The lowest BCUT2D eigenvalue weighted by molar-refractivity contribution is -0.113. The Labute approximate surface area is 210 Å². The molecule has 36 heavy (non-hydrogen) atoms. The van der Waals surface area contributed by atoms with Crippen molar-refractivity contribution in [2.75, 3.05) is 11.1 Å². The smallest absolute Gasteiger partial charge is 0.263 e. The summed E-state index contributed by atoms with van der Waals surface area (Å²) in [5.74, 6) is 0.748. The van der Waals surface area contributed by atoms with Crippen molar-refractivity contribution in [3.63, 3.8) is 0 Å². The molecule has 3 heterocycles. The van der Waals surface area contributed by atoms with E-state index in [1.165, 1.54) is 16.3 Å². The largest absolute Gasteiger partial charge is 0.473 e. The highest BCUT2D eigenvalue weighted by Gasteiger charge is 2.17. The first-order valence-electron chi connectivity index (χ1n) is 11.2. The van der Waals surface area contributed by atoms with Gasteiger partial charge in [-0.15, -0.1) is 16.8 Å². The van der Waals surface area contributed by atoms with Gasteiger partial charge in [0.05, 0.1) is 28.5 Å². The number of rotatable bonds is 9. The van der Waals surface area contributed by atoms with Crippen molar-refractivity contribution in [1.29, 1.82) is 0 Å². The highest BCUT2D eigenvalue weighted by molar-refractivity contribution is 7.99. The van der Waals surface area contributed by atoms with Crippen LogP contribution in [0.1, 0.15) is 5.56 Å². The van der Waals surface area contributed by atoms with Crippen LogP contribution in [0, 0.1) is 0 Å². The molecule has 3 aromatic heterocycles. The third-order valence-electron chi connectivity index (χ3n) is 5.37. The Hall–Kier alpha value is -4.44. The minimum Gasteiger partial charge on any atom is -0.473 e. The van der Waals surface area contributed by atoms with Gasteiger partial charge in [0.2, 0.25) is 17.6 Å². The van der Waals surface area contributed by atoms with Gasteiger partial charge in [0, 0.05) is 12.6 Å². The van der Waals surface area contributed by atoms with E-state index in [4.69, 9.17) is 4.74 Å². The number of aromatic nitrogens is 5. The van der Waals surface area contributed by atoms with Gasteiger partial charge in [-0.3, -0.25) is 18.6 Å². The van der Waals surface area contributed by atoms with E-state index < -0.39 is 0 Å². The standard InChI is InChI=1S/C26H22N6O3S/c1-2-14-31-24(34)20-10-6-7-11-21(20)32-25(31)29-30-26(32)36-17-22(33)28-19-12-13-23(27-15-19)35-16-18-8-4-3-5-9-18/h2-13,15H,1,14,16-17H2,(H,28,33). The minimum atomic E-state index is -0.222. The first kappa shape index (κ1) is 23.3. The number of benzene rings is 2. The van der Waals surface area contributed by atoms with Crippen molar-refractivity contribution in [2.24, 2.45) is 0 Å². The van der Waals surface area contributed by atoms with Crippen molar-refractivity contribution in [2.45, 2.75) is 18.3 Å². The zero-order chi connectivity index (χ0) is 24.9. The molecule has 0 atom stereocenters. The maximum Gasteiger partial charge on any atom is 0.263 e. The van der Waals surface area contributed by atoms with Crippen molar-refractivity contribution in [3.05, 3.63) is 101 Å². The number of carbonyl (C=O) groups is 1. The molecule has 0 aliphatic carbocycles. The van der Waals surface area contributed by atoms with E-state index in [0.29, 0.717) is 46.6 Å². The maximum atomic E-state index is 12.9. The fourth-order valence-electron chi connectivity index (χ4n) is 3.72. The minimum absolute atomic E-state index is 0.0992. The van der Waals surface area contributed by atoms with E-state index in [0.717, 1.165) is 5.56 Å². The number of nitrogens with zero attached hydrogens (tertiary/aromatic N) is 5. The molecule has 0 fully saturated rings. The number of para-hydroxylation sites is 1. The lowest BCUT2D eigenvalue weighted by atomic mass is 10.2. The zero-order valence-electron chi connectivity index (χ0n) is 19.2. The molecule has 9 nitrogen and oxygen atoms in total. The van der Waals surface area contributed by atoms with Crippen LogP contribution in [0.3, 0.4) is 0 Å². The quantitative estimate of drug-likeness (QED) is 0.243. The molecular weight excluding hydrogens is 476 g/mol. The molecule has 2 aromatic carbocycles. The summed E-state index contributed by atoms with van der Waals surface area (Å²) in [6, 6.07) is 20.5. The third-order valence-corrected chi connectivity index (χ3v) is 6.30. The molecule has 0 aliphatic heterocycles. The van der Waals surface area contributed by atoms with Crippen LogP contribution in [0.5, 0.6) is 5.88 Å². The lowest BCUT2D eigenvalue weighted by Gasteiger charge is -2.10. The highest BCUT2D eigenvalue weighted by Crippen LogP contribution is 2.22. The molecular formula is C26H22N6O3S. The van der Waals surface area contributed by atoms with Gasteiger partial charge in [0.1, 0.15) is 6.61 Å². The third kappa shape index (κ3) is 4.84. The first-order valence-corrected chi connectivity index (χ1v) is 12.2. The van der Waals surface area contributed by atoms with Crippen LogP contribution in [0.25, 0.3) is 16.7 Å². The van der Waals surface area contributed by atoms with E-state index in [1.54, 1.807) is 34.9 Å². The van der Waals surface area contributed by atoms with Gasteiger partial charge < -0.3 is 10.1 Å². The van der Waals surface area contributed by atoms with Gasteiger partial charge in [0.25, 0.3) is 5.56 Å². The number of amides is 1. The highest BCUT2D eigenvalue weighted by atomic mass is 32.2. The number of fused-ring (bicyclic) bond motifs is 3. The summed E-state index contributed by atoms with van der Waals surface area (Å²) in [4.78, 5) is 29.8. The van der Waals surface area contributed by atoms with Crippen molar-refractivity contribution in [3.8, 4) is 5.88 Å².